The number of amides is 1. The van der Waals surface area contributed by atoms with Crippen LogP contribution >= 0.6 is 0 Å². The molecule has 1 unspecified atom stereocenters. The molecule has 24 heavy (non-hydrogen) atoms. The number of rotatable bonds is 8. The van der Waals surface area contributed by atoms with E-state index in [0.29, 0.717) is 6.54 Å². The molecule has 7 nitrogen and oxygen atoms in total. The van der Waals surface area contributed by atoms with Crippen molar-refractivity contribution in [2.75, 3.05) is 47.6 Å². The molecule has 2 rings (SSSR count). The number of hydrogen-bond acceptors (Lipinski definition) is 6. The van der Waals surface area contributed by atoms with Crippen LogP contribution in [0.3, 0.4) is 0 Å². The fourth-order valence-electron chi connectivity index (χ4n) is 2.86. The second kappa shape index (κ2) is 8.86. The average molecular weight is 337 g/mol. The van der Waals surface area contributed by atoms with Crippen LogP contribution < -0.4 is 20.5 Å². The first-order valence-electron chi connectivity index (χ1n) is 8.07. The zero-order valence-corrected chi connectivity index (χ0v) is 14.6. The lowest BCUT2D eigenvalue weighted by molar-refractivity contribution is -0.123. The highest BCUT2D eigenvalue weighted by Crippen LogP contribution is 2.33. The van der Waals surface area contributed by atoms with Gasteiger partial charge >= 0.3 is 0 Å². The molecule has 1 aliphatic rings. The van der Waals surface area contributed by atoms with Gasteiger partial charge in [0.25, 0.3) is 0 Å². The molecule has 0 fully saturated rings. The van der Waals surface area contributed by atoms with E-state index in [4.69, 9.17) is 19.9 Å². The second-order valence-electron chi connectivity index (χ2n) is 5.85. The highest BCUT2D eigenvalue weighted by atomic mass is 16.5. The van der Waals surface area contributed by atoms with Crippen molar-refractivity contribution in [1.29, 1.82) is 0 Å². The Labute approximate surface area is 143 Å². The largest absolute Gasteiger partial charge is 0.493 e. The Hall–Kier alpha value is -1.83. The number of carbonyl (C=O) groups excluding carboxylic acids is 1. The normalized spacial score (nSPS) is 15.5. The van der Waals surface area contributed by atoms with E-state index in [1.807, 2.05) is 6.07 Å². The lowest BCUT2D eigenvalue weighted by atomic mass is 9.99. The molecule has 1 heterocycles. The van der Waals surface area contributed by atoms with Gasteiger partial charge in [-0.1, -0.05) is 0 Å². The van der Waals surface area contributed by atoms with Crippen LogP contribution in [0.4, 0.5) is 0 Å². The van der Waals surface area contributed by atoms with Gasteiger partial charge in [-0.05, 0) is 29.7 Å². The Morgan fingerprint density at radius 3 is 2.54 bits per heavy atom. The van der Waals surface area contributed by atoms with Crippen LogP contribution in [0.15, 0.2) is 12.1 Å². The summed E-state index contributed by atoms with van der Waals surface area (Å²) in [5.74, 6) is 1.33. The lowest BCUT2D eigenvalue weighted by Crippen LogP contribution is -2.46. The van der Waals surface area contributed by atoms with Crippen LogP contribution in [0.25, 0.3) is 0 Å². The number of nitrogens with one attached hydrogen (secondary N) is 1. The van der Waals surface area contributed by atoms with Crippen LogP contribution in [0.2, 0.25) is 0 Å². The van der Waals surface area contributed by atoms with Crippen molar-refractivity contribution < 1.29 is 19.0 Å². The summed E-state index contributed by atoms with van der Waals surface area (Å²) >= 11 is 0. The Bertz CT molecular complexity index is 565. The number of ether oxygens (including phenoxy) is 3. The van der Waals surface area contributed by atoms with Crippen LogP contribution in [-0.4, -0.2) is 64.4 Å². The fraction of sp³-hybridized carbons (Fsp3) is 0.588. The summed E-state index contributed by atoms with van der Waals surface area (Å²) in [5, 5.41) is 2.85. The van der Waals surface area contributed by atoms with Crippen LogP contribution in [0, 0.1) is 0 Å². The summed E-state index contributed by atoms with van der Waals surface area (Å²) in [6.07, 6.45) is 0.951. The van der Waals surface area contributed by atoms with Gasteiger partial charge in [-0.15, -0.1) is 0 Å². The number of methoxy groups -OCH3 is 3. The molecule has 134 valence electrons. The first-order valence-corrected chi connectivity index (χ1v) is 8.07. The Kier molecular flexibility index (Phi) is 6.84. The molecule has 1 atom stereocenters. The maximum absolute atomic E-state index is 11.8. The predicted octanol–water partition coefficient (Wildman–Crippen LogP) is 0.152. The van der Waals surface area contributed by atoms with Gasteiger partial charge in [0.2, 0.25) is 5.91 Å². The molecular formula is C17H27N3O4. The van der Waals surface area contributed by atoms with Crippen LogP contribution in [0.1, 0.15) is 11.1 Å². The van der Waals surface area contributed by atoms with Gasteiger partial charge in [-0.3, -0.25) is 9.69 Å². The maximum Gasteiger partial charge on any atom is 0.239 e. The lowest BCUT2D eigenvalue weighted by Gasteiger charge is -2.29. The standard InChI is InChI=1S/C17H27N3O4/c1-22-11-14(18)17(21)19-5-7-20-6-4-12-8-15(23-2)16(24-3)9-13(12)10-20/h8-9,14H,4-7,10-11,18H2,1-3H3,(H,19,21). The molecule has 1 aromatic rings. The molecule has 0 radical (unpaired) electrons. The first-order chi connectivity index (χ1) is 11.6. The van der Waals surface area contributed by atoms with Gasteiger partial charge in [0.15, 0.2) is 11.5 Å². The van der Waals surface area contributed by atoms with Crippen LogP contribution in [0.5, 0.6) is 11.5 Å². The zero-order valence-electron chi connectivity index (χ0n) is 14.6. The summed E-state index contributed by atoms with van der Waals surface area (Å²) in [6.45, 7) is 3.35. The Balaban J connectivity index is 1.87. The van der Waals surface area contributed by atoms with Crippen molar-refractivity contribution in [1.82, 2.24) is 10.2 Å². The van der Waals surface area contributed by atoms with E-state index >= 15 is 0 Å². The molecule has 0 aromatic heterocycles. The topological polar surface area (TPSA) is 86.0 Å². The monoisotopic (exact) mass is 337 g/mol. The van der Waals surface area contributed by atoms with Gasteiger partial charge in [0, 0.05) is 33.3 Å². The fourth-order valence-corrected chi connectivity index (χ4v) is 2.86. The second-order valence-corrected chi connectivity index (χ2v) is 5.85. The first kappa shape index (κ1) is 18.5. The Morgan fingerprint density at radius 2 is 1.92 bits per heavy atom. The molecule has 0 saturated carbocycles. The third kappa shape index (κ3) is 4.59. The zero-order chi connectivity index (χ0) is 17.5. The number of fused-ring (bicyclic) bond motifs is 1. The molecule has 0 saturated heterocycles. The van der Waals surface area contributed by atoms with Gasteiger partial charge in [-0.25, -0.2) is 0 Å². The van der Waals surface area contributed by atoms with Crippen molar-refractivity contribution in [2.45, 2.75) is 19.0 Å². The average Bonchev–Trinajstić information content (AvgIpc) is 2.60. The van der Waals surface area contributed by atoms with Gasteiger partial charge in [0.05, 0.1) is 20.8 Å². The highest BCUT2D eigenvalue weighted by Gasteiger charge is 2.19. The highest BCUT2D eigenvalue weighted by molar-refractivity contribution is 5.81. The maximum atomic E-state index is 11.8. The van der Waals surface area contributed by atoms with E-state index in [1.54, 1.807) is 14.2 Å². The minimum atomic E-state index is -0.617. The van der Waals surface area contributed by atoms with Crippen molar-refractivity contribution in [3.8, 4) is 11.5 Å². The van der Waals surface area contributed by atoms with E-state index in [0.717, 1.165) is 37.6 Å². The van der Waals surface area contributed by atoms with E-state index in [-0.39, 0.29) is 12.5 Å². The number of nitrogens with zero attached hydrogens (tertiary/aromatic N) is 1. The molecule has 1 amide bonds. The molecule has 0 aliphatic carbocycles. The Morgan fingerprint density at radius 1 is 1.25 bits per heavy atom. The minimum absolute atomic E-state index is 0.180. The molecular weight excluding hydrogens is 310 g/mol. The molecule has 1 aliphatic heterocycles. The molecule has 7 heteroatoms. The van der Waals surface area contributed by atoms with Crippen molar-refractivity contribution >= 4 is 5.91 Å². The molecule has 3 N–H and O–H groups in total. The summed E-state index contributed by atoms with van der Waals surface area (Å²) in [4.78, 5) is 14.1. The summed E-state index contributed by atoms with van der Waals surface area (Å²) in [7, 11) is 4.82. The molecule has 1 aromatic carbocycles. The van der Waals surface area contributed by atoms with E-state index in [2.05, 4.69) is 16.3 Å². The van der Waals surface area contributed by atoms with Crippen molar-refractivity contribution in [3.05, 3.63) is 23.3 Å². The van der Waals surface area contributed by atoms with E-state index in [9.17, 15) is 4.79 Å². The quantitative estimate of drug-likeness (QED) is 0.702. The van der Waals surface area contributed by atoms with Gasteiger partial charge in [-0.2, -0.15) is 0 Å². The number of nitrogens with two attached hydrogens (primary N) is 1. The minimum Gasteiger partial charge on any atom is -0.493 e. The van der Waals surface area contributed by atoms with Crippen LogP contribution in [-0.2, 0) is 22.5 Å². The summed E-state index contributed by atoms with van der Waals surface area (Å²) in [5.41, 5.74) is 8.22. The summed E-state index contributed by atoms with van der Waals surface area (Å²) < 4.78 is 15.6. The predicted molar refractivity (Wildman–Crippen MR) is 91.4 cm³/mol. The van der Waals surface area contributed by atoms with E-state index < -0.39 is 6.04 Å². The van der Waals surface area contributed by atoms with Gasteiger partial charge < -0.3 is 25.3 Å². The third-order valence-corrected chi connectivity index (χ3v) is 4.21. The third-order valence-electron chi connectivity index (χ3n) is 4.21. The molecule has 0 bridgehead atoms. The van der Waals surface area contributed by atoms with Crippen molar-refractivity contribution in [2.24, 2.45) is 5.73 Å². The summed E-state index contributed by atoms with van der Waals surface area (Å²) in [6, 6.07) is 3.47. The van der Waals surface area contributed by atoms with Crippen molar-refractivity contribution in [3.63, 3.8) is 0 Å². The molecule has 0 spiro atoms. The number of hydrogen-bond donors (Lipinski definition) is 2. The number of carbonyl (C=O) groups is 1. The SMILES string of the molecule is COCC(N)C(=O)NCCN1CCc2cc(OC)c(OC)cc2C1. The smallest absolute Gasteiger partial charge is 0.239 e. The van der Waals surface area contributed by atoms with Gasteiger partial charge in [0.1, 0.15) is 6.04 Å². The van der Waals surface area contributed by atoms with E-state index in [1.165, 1.54) is 18.2 Å². The number of benzene rings is 1.